The Bertz CT molecular complexity index is 320. The number of alkyl carbamates (subject to hydrolysis) is 1. The SMILES string of the molecule is CC(C)C[C@@]1(NC(=O)OC(C)(C)C)CNC1=O. The van der Waals surface area contributed by atoms with Gasteiger partial charge in [-0.15, -0.1) is 0 Å². The van der Waals surface area contributed by atoms with Crippen LogP contribution in [0.15, 0.2) is 0 Å². The summed E-state index contributed by atoms with van der Waals surface area (Å²) < 4.78 is 5.17. The van der Waals surface area contributed by atoms with Crippen molar-refractivity contribution in [2.24, 2.45) is 5.92 Å². The quantitative estimate of drug-likeness (QED) is 0.736. The molecular weight excluding hydrogens is 220 g/mol. The zero-order valence-corrected chi connectivity index (χ0v) is 11.2. The molecule has 0 aromatic carbocycles. The maximum absolute atomic E-state index is 11.7. The van der Waals surface area contributed by atoms with Gasteiger partial charge in [-0.25, -0.2) is 4.79 Å². The Morgan fingerprint density at radius 1 is 1.53 bits per heavy atom. The minimum Gasteiger partial charge on any atom is -0.444 e. The van der Waals surface area contributed by atoms with Crippen LogP contribution >= 0.6 is 0 Å². The van der Waals surface area contributed by atoms with Gasteiger partial charge in [0.05, 0.1) is 0 Å². The van der Waals surface area contributed by atoms with Gasteiger partial charge < -0.3 is 15.4 Å². The molecule has 0 aliphatic carbocycles. The van der Waals surface area contributed by atoms with Gasteiger partial charge in [-0.2, -0.15) is 0 Å². The van der Waals surface area contributed by atoms with E-state index in [1.54, 1.807) is 20.8 Å². The highest BCUT2D eigenvalue weighted by Crippen LogP contribution is 2.23. The lowest BCUT2D eigenvalue weighted by atomic mass is 9.83. The standard InChI is InChI=1S/C12H22N2O3/c1-8(2)6-12(7-13-9(12)15)14-10(16)17-11(3,4)5/h8H,6-7H2,1-5H3,(H,13,15)(H,14,16)/t12-/m1/s1. The fraction of sp³-hybridized carbons (Fsp3) is 0.833. The molecule has 17 heavy (non-hydrogen) atoms. The van der Waals surface area contributed by atoms with Crippen LogP contribution in [0.2, 0.25) is 0 Å². The van der Waals surface area contributed by atoms with Crippen molar-refractivity contribution in [1.29, 1.82) is 0 Å². The summed E-state index contributed by atoms with van der Waals surface area (Å²) in [6.07, 6.45) is 0.0888. The van der Waals surface area contributed by atoms with E-state index >= 15 is 0 Å². The van der Waals surface area contributed by atoms with Gasteiger partial charge in [0.25, 0.3) is 0 Å². The summed E-state index contributed by atoms with van der Waals surface area (Å²) >= 11 is 0. The molecule has 0 aromatic rings. The Kier molecular flexibility index (Phi) is 3.69. The molecule has 1 saturated heterocycles. The fourth-order valence-corrected chi connectivity index (χ4v) is 1.89. The lowest BCUT2D eigenvalue weighted by Gasteiger charge is -2.42. The number of β-lactam (4-membered cyclic amide) rings is 1. The van der Waals surface area contributed by atoms with Gasteiger partial charge in [-0.3, -0.25) is 4.79 Å². The van der Waals surface area contributed by atoms with E-state index in [-0.39, 0.29) is 5.91 Å². The number of rotatable bonds is 3. The van der Waals surface area contributed by atoms with Gasteiger partial charge in [0, 0.05) is 6.54 Å². The summed E-state index contributed by atoms with van der Waals surface area (Å²) in [6, 6.07) is 0. The van der Waals surface area contributed by atoms with Crippen LogP contribution in [-0.4, -0.2) is 29.7 Å². The molecule has 1 aliphatic heterocycles. The second-order valence-corrected chi connectivity index (χ2v) is 5.99. The normalized spacial score (nSPS) is 24.0. The largest absolute Gasteiger partial charge is 0.444 e. The summed E-state index contributed by atoms with van der Waals surface area (Å²) in [7, 11) is 0. The molecule has 0 radical (unpaired) electrons. The molecule has 1 fully saturated rings. The van der Waals surface area contributed by atoms with Crippen LogP contribution in [0.4, 0.5) is 4.79 Å². The predicted molar refractivity (Wildman–Crippen MR) is 64.6 cm³/mol. The molecule has 1 rings (SSSR count). The van der Waals surface area contributed by atoms with Crippen LogP contribution in [0.1, 0.15) is 41.0 Å². The van der Waals surface area contributed by atoms with Gasteiger partial charge >= 0.3 is 6.09 Å². The molecule has 98 valence electrons. The number of nitrogens with one attached hydrogen (secondary N) is 2. The van der Waals surface area contributed by atoms with Crippen molar-refractivity contribution in [2.75, 3.05) is 6.54 Å². The molecule has 2 N–H and O–H groups in total. The van der Waals surface area contributed by atoms with E-state index < -0.39 is 17.2 Å². The van der Waals surface area contributed by atoms with Crippen molar-refractivity contribution in [3.63, 3.8) is 0 Å². The molecule has 0 bridgehead atoms. The lowest BCUT2D eigenvalue weighted by Crippen LogP contribution is -2.73. The molecule has 2 amide bonds. The Balaban J connectivity index is 2.62. The molecule has 5 nitrogen and oxygen atoms in total. The molecular formula is C12H22N2O3. The van der Waals surface area contributed by atoms with Gasteiger partial charge in [0.2, 0.25) is 5.91 Å². The minimum atomic E-state index is -0.781. The summed E-state index contributed by atoms with van der Waals surface area (Å²) in [6.45, 7) is 9.89. The molecule has 0 saturated carbocycles. The Morgan fingerprint density at radius 2 is 2.12 bits per heavy atom. The van der Waals surface area contributed by atoms with Crippen molar-refractivity contribution in [3.8, 4) is 0 Å². The molecule has 0 spiro atoms. The fourth-order valence-electron chi connectivity index (χ4n) is 1.89. The molecule has 1 atom stereocenters. The Morgan fingerprint density at radius 3 is 2.41 bits per heavy atom. The molecule has 0 aromatic heterocycles. The minimum absolute atomic E-state index is 0.128. The monoisotopic (exact) mass is 242 g/mol. The maximum atomic E-state index is 11.7. The van der Waals surface area contributed by atoms with Gasteiger partial charge in [-0.1, -0.05) is 13.8 Å². The van der Waals surface area contributed by atoms with E-state index in [0.29, 0.717) is 18.9 Å². The van der Waals surface area contributed by atoms with Crippen molar-refractivity contribution >= 4 is 12.0 Å². The van der Waals surface area contributed by atoms with Crippen molar-refractivity contribution in [2.45, 2.75) is 52.2 Å². The molecule has 5 heteroatoms. The van der Waals surface area contributed by atoms with Crippen LogP contribution in [0, 0.1) is 5.92 Å². The topological polar surface area (TPSA) is 67.4 Å². The van der Waals surface area contributed by atoms with Gasteiger partial charge in [0.15, 0.2) is 0 Å². The van der Waals surface area contributed by atoms with E-state index in [2.05, 4.69) is 10.6 Å². The van der Waals surface area contributed by atoms with Crippen molar-refractivity contribution in [1.82, 2.24) is 10.6 Å². The zero-order valence-electron chi connectivity index (χ0n) is 11.2. The van der Waals surface area contributed by atoms with Crippen LogP contribution in [0.3, 0.4) is 0 Å². The van der Waals surface area contributed by atoms with Gasteiger partial charge in [0.1, 0.15) is 11.1 Å². The highest BCUT2D eigenvalue weighted by Gasteiger charge is 2.48. The number of carbonyl (C=O) groups excluding carboxylic acids is 2. The third kappa shape index (κ3) is 3.61. The lowest BCUT2D eigenvalue weighted by molar-refractivity contribution is -0.136. The first-order valence-electron chi connectivity index (χ1n) is 5.94. The van der Waals surface area contributed by atoms with E-state index in [1.807, 2.05) is 13.8 Å². The zero-order chi connectivity index (χ0) is 13.3. The predicted octanol–water partition coefficient (Wildman–Crippen LogP) is 1.43. The second kappa shape index (κ2) is 4.55. The Labute approximate surface area is 102 Å². The number of hydrogen-bond acceptors (Lipinski definition) is 3. The van der Waals surface area contributed by atoms with Crippen LogP contribution in [0.5, 0.6) is 0 Å². The summed E-state index contributed by atoms with van der Waals surface area (Å²) in [5, 5.41) is 5.36. The van der Waals surface area contributed by atoms with Crippen LogP contribution < -0.4 is 10.6 Å². The van der Waals surface area contributed by atoms with E-state index in [9.17, 15) is 9.59 Å². The first kappa shape index (κ1) is 13.8. The first-order chi connectivity index (χ1) is 7.65. The Hall–Kier alpha value is -1.26. The van der Waals surface area contributed by atoms with Crippen molar-refractivity contribution in [3.05, 3.63) is 0 Å². The first-order valence-corrected chi connectivity index (χ1v) is 5.94. The third-order valence-corrected chi connectivity index (χ3v) is 2.48. The molecule has 1 heterocycles. The number of ether oxygens (including phenoxy) is 1. The summed E-state index contributed by atoms with van der Waals surface area (Å²) in [4.78, 5) is 23.3. The van der Waals surface area contributed by atoms with E-state index in [1.165, 1.54) is 0 Å². The number of carbonyl (C=O) groups is 2. The number of hydrogen-bond donors (Lipinski definition) is 2. The smallest absolute Gasteiger partial charge is 0.408 e. The highest BCUT2D eigenvalue weighted by molar-refractivity contribution is 5.95. The maximum Gasteiger partial charge on any atom is 0.408 e. The van der Waals surface area contributed by atoms with Crippen molar-refractivity contribution < 1.29 is 14.3 Å². The summed E-state index contributed by atoms with van der Waals surface area (Å²) in [5.74, 6) is 0.202. The highest BCUT2D eigenvalue weighted by atomic mass is 16.6. The average molecular weight is 242 g/mol. The van der Waals surface area contributed by atoms with E-state index in [4.69, 9.17) is 4.74 Å². The van der Waals surface area contributed by atoms with Gasteiger partial charge in [-0.05, 0) is 33.1 Å². The average Bonchev–Trinajstić information content (AvgIpc) is 2.10. The third-order valence-electron chi connectivity index (χ3n) is 2.48. The van der Waals surface area contributed by atoms with Crippen LogP contribution in [-0.2, 0) is 9.53 Å². The number of amides is 2. The van der Waals surface area contributed by atoms with E-state index in [0.717, 1.165) is 0 Å². The molecule has 1 aliphatic rings. The summed E-state index contributed by atoms with van der Waals surface area (Å²) in [5.41, 5.74) is -1.33. The molecule has 0 unspecified atom stereocenters. The second-order valence-electron chi connectivity index (χ2n) is 5.99. The van der Waals surface area contributed by atoms with Crippen LogP contribution in [0.25, 0.3) is 0 Å².